The highest BCUT2D eigenvalue weighted by Gasteiger charge is 2.30. The molecule has 0 unspecified atom stereocenters. The van der Waals surface area contributed by atoms with Gasteiger partial charge in [0.15, 0.2) is 0 Å². The van der Waals surface area contributed by atoms with Crippen molar-refractivity contribution in [3.05, 3.63) is 71.3 Å². The Balaban J connectivity index is 1.73. The molecule has 0 radical (unpaired) electrons. The van der Waals surface area contributed by atoms with Crippen LogP contribution in [0.3, 0.4) is 0 Å². The van der Waals surface area contributed by atoms with Crippen LogP contribution in [0.1, 0.15) is 42.1 Å². The fourth-order valence-corrected chi connectivity index (χ4v) is 3.35. The highest BCUT2D eigenvalue weighted by molar-refractivity contribution is 5.41. The zero-order valence-corrected chi connectivity index (χ0v) is 13.7. The highest BCUT2D eigenvalue weighted by Crippen LogP contribution is 2.37. The van der Waals surface area contributed by atoms with Gasteiger partial charge in [-0.25, -0.2) is 4.68 Å². The van der Waals surface area contributed by atoms with Gasteiger partial charge in [0.25, 0.3) is 0 Å². The van der Waals surface area contributed by atoms with Gasteiger partial charge in [-0.1, -0.05) is 61.5 Å². The fraction of sp³-hybridized carbons (Fsp3) is 0.263. The van der Waals surface area contributed by atoms with Crippen molar-refractivity contribution in [1.29, 1.82) is 0 Å². The van der Waals surface area contributed by atoms with Crippen LogP contribution >= 0.6 is 0 Å². The third kappa shape index (κ3) is 2.62. The maximum Gasteiger partial charge on any atom is 0.241 e. The molecule has 0 saturated heterocycles. The number of rotatable bonds is 3. The van der Waals surface area contributed by atoms with Crippen molar-refractivity contribution < 1.29 is 0 Å². The van der Waals surface area contributed by atoms with Crippen molar-refractivity contribution in [2.24, 2.45) is 0 Å². The van der Waals surface area contributed by atoms with Gasteiger partial charge in [0.05, 0.1) is 12.1 Å². The smallest absolute Gasteiger partial charge is 0.241 e. The monoisotopic (exact) mass is 319 g/mol. The molecule has 0 fully saturated rings. The van der Waals surface area contributed by atoms with E-state index in [1.54, 1.807) is 0 Å². The Labute approximate surface area is 141 Å². The molecule has 0 amide bonds. The van der Waals surface area contributed by atoms with Gasteiger partial charge >= 0.3 is 0 Å². The van der Waals surface area contributed by atoms with Crippen LogP contribution in [-0.4, -0.2) is 14.8 Å². The summed E-state index contributed by atoms with van der Waals surface area (Å²) in [5, 5.41) is 7.87. The van der Waals surface area contributed by atoms with E-state index in [1.165, 1.54) is 16.7 Å². The summed E-state index contributed by atoms with van der Waals surface area (Å²) in [6.07, 6.45) is 1.95. The normalized spacial score (nSPS) is 19.5. The van der Waals surface area contributed by atoms with Gasteiger partial charge < -0.3 is 11.1 Å². The lowest BCUT2D eigenvalue weighted by Crippen LogP contribution is -2.28. The minimum atomic E-state index is 0.127. The van der Waals surface area contributed by atoms with Crippen LogP contribution < -0.4 is 11.1 Å². The second-order valence-corrected chi connectivity index (χ2v) is 6.19. The molecule has 5 nitrogen and oxygen atoms in total. The average molecular weight is 319 g/mol. The molecule has 3 aromatic rings. The van der Waals surface area contributed by atoms with Crippen LogP contribution in [0.25, 0.3) is 0 Å². The summed E-state index contributed by atoms with van der Waals surface area (Å²) in [6, 6.07) is 19.5. The molecule has 1 aromatic heterocycles. The topological polar surface area (TPSA) is 68.8 Å². The van der Waals surface area contributed by atoms with Gasteiger partial charge in [-0.3, -0.25) is 0 Å². The Morgan fingerprint density at radius 3 is 2.54 bits per heavy atom. The molecular weight excluding hydrogens is 298 g/mol. The molecule has 0 saturated carbocycles. The first-order valence-electron chi connectivity index (χ1n) is 8.37. The number of aromatic nitrogens is 3. The Bertz CT molecular complexity index is 823. The molecule has 2 heterocycles. The zero-order chi connectivity index (χ0) is 16.5. The summed E-state index contributed by atoms with van der Waals surface area (Å²) in [4.78, 5) is 4.35. The van der Waals surface area contributed by atoms with Crippen molar-refractivity contribution in [2.75, 3.05) is 11.1 Å². The van der Waals surface area contributed by atoms with Crippen LogP contribution in [0, 0.1) is 0 Å². The van der Waals surface area contributed by atoms with Crippen LogP contribution in [0.4, 0.5) is 11.9 Å². The van der Waals surface area contributed by atoms with E-state index in [0.29, 0.717) is 5.95 Å². The van der Waals surface area contributed by atoms with E-state index in [9.17, 15) is 0 Å². The molecule has 24 heavy (non-hydrogen) atoms. The number of nitrogens with one attached hydrogen (secondary N) is 1. The highest BCUT2D eigenvalue weighted by atomic mass is 15.4. The summed E-state index contributed by atoms with van der Waals surface area (Å²) < 4.78 is 1.91. The number of anilines is 2. The zero-order valence-electron chi connectivity index (χ0n) is 13.7. The predicted molar refractivity (Wildman–Crippen MR) is 95.8 cm³/mol. The lowest BCUT2D eigenvalue weighted by molar-refractivity contribution is 0.431. The van der Waals surface area contributed by atoms with Gasteiger partial charge in [-0.05, 0) is 29.5 Å². The molecule has 2 aromatic carbocycles. The van der Waals surface area contributed by atoms with Crippen LogP contribution in [-0.2, 0) is 6.42 Å². The second-order valence-electron chi connectivity index (χ2n) is 6.19. The van der Waals surface area contributed by atoms with Gasteiger partial charge in [0, 0.05) is 0 Å². The molecule has 0 spiro atoms. The average Bonchev–Trinajstić information content (AvgIpc) is 3.02. The van der Waals surface area contributed by atoms with E-state index >= 15 is 0 Å². The number of nitrogens with zero attached hydrogens (tertiary/aromatic N) is 3. The maximum absolute atomic E-state index is 5.85. The van der Waals surface area contributed by atoms with Crippen molar-refractivity contribution in [3.63, 3.8) is 0 Å². The minimum absolute atomic E-state index is 0.127. The summed E-state index contributed by atoms with van der Waals surface area (Å²) in [6.45, 7) is 2.17. The number of hydrogen-bond acceptors (Lipinski definition) is 4. The summed E-state index contributed by atoms with van der Waals surface area (Å²) in [7, 11) is 0. The van der Waals surface area contributed by atoms with Gasteiger partial charge in [0.1, 0.15) is 0 Å². The molecule has 0 aliphatic carbocycles. The van der Waals surface area contributed by atoms with E-state index < -0.39 is 0 Å². The van der Waals surface area contributed by atoms with E-state index in [2.05, 4.69) is 70.9 Å². The van der Waals surface area contributed by atoms with Crippen LogP contribution in [0.15, 0.2) is 54.6 Å². The van der Waals surface area contributed by atoms with Gasteiger partial charge in [-0.15, -0.1) is 5.10 Å². The van der Waals surface area contributed by atoms with Crippen molar-refractivity contribution in [1.82, 2.24) is 14.8 Å². The third-order valence-electron chi connectivity index (χ3n) is 4.68. The largest absolute Gasteiger partial charge is 0.366 e. The maximum atomic E-state index is 5.85. The number of nitrogen functional groups attached to an aromatic ring is 1. The number of fused-ring (bicyclic) bond motifs is 1. The third-order valence-corrected chi connectivity index (χ3v) is 4.68. The van der Waals surface area contributed by atoms with Gasteiger partial charge in [0.2, 0.25) is 11.9 Å². The van der Waals surface area contributed by atoms with Crippen molar-refractivity contribution in [2.45, 2.75) is 31.8 Å². The Hall–Kier alpha value is -2.82. The van der Waals surface area contributed by atoms with E-state index in [4.69, 9.17) is 5.73 Å². The predicted octanol–water partition coefficient (Wildman–Crippen LogP) is 3.57. The lowest BCUT2D eigenvalue weighted by Gasteiger charge is -2.31. The minimum Gasteiger partial charge on any atom is -0.366 e. The van der Waals surface area contributed by atoms with E-state index in [-0.39, 0.29) is 12.1 Å². The van der Waals surface area contributed by atoms with Crippen LogP contribution in [0.5, 0.6) is 0 Å². The van der Waals surface area contributed by atoms with E-state index in [0.717, 1.165) is 18.8 Å². The molecule has 1 aliphatic rings. The number of nitrogens with two attached hydrogens (primary N) is 1. The molecule has 3 N–H and O–H groups in total. The van der Waals surface area contributed by atoms with Crippen LogP contribution in [0.2, 0.25) is 0 Å². The Kier molecular flexibility index (Phi) is 3.69. The fourth-order valence-electron chi connectivity index (χ4n) is 3.35. The van der Waals surface area contributed by atoms with Crippen molar-refractivity contribution >= 4 is 11.9 Å². The number of benzene rings is 2. The molecule has 5 heteroatoms. The SMILES string of the molecule is CCc1ccc([C@H]2C[C@@H](c3ccccc3)Nc3nc(N)nn32)cc1. The van der Waals surface area contributed by atoms with Gasteiger partial charge in [-0.2, -0.15) is 4.98 Å². The molecule has 1 aliphatic heterocycles. The molecule has 0 bridgehead atoms. The first-order chi connectivity index (χ1) is 11.7. The van der Waals surface area contributed by atoms with E-state index in [1.807, 2.05) is 10.7 Å². The second kappa shape index (κ2) is 6.00. The Morgan fingerprint density at radius 1 is 1.08 bits per heavy atom. The summed E-state index contributed by atoms with van der Waals surface area (Å²) >= 11 is 0. The number of aryl methyl sites for hydroxylation is 1. The molecular formula is C19H21N5. The lowest BCUT2D eigenvalue weighted by atomic mass is 9.93. The molecule has 2 atom stereocenters. The number of hydrogen-bond donors (Lipinski definition) is 2. The summed E-state index contributed by atoms with van der Waals surface area (Å²) in [5.74, 6) is 1.04. The quantitative estimate of drug-likeness (QED) is 0.774. The standard InChI is InChI=1S/C19H21N5/c1-2-13-8-10-15(11-9-13)17-12-16(14-6-4-3-5-7-14)21-19-22-18(20)23-24(17)19/h3-11,16-17H,2,12H2,1H3,(H3,20,21,22,23)/t16-,17+/m0/s1. The first-order valence-corrected chi connectivity index (χ1v) is 8.37. The summed E-state index contributed by atoms with van der Waals surface area (Å²) in [5.41, 5.74) is 9.67. The molecule has 4 rings (SSSR count). The Morgan fingerprint density at radius 2 is 1.83 bits per heavy atom. The van der Waals surface area contributed by atoms with Crippen molar-refractivity contribution in [3.8, 4) is 0 Å². The molecule has 122 valence electrons. The first kappa shape index (κ1) is 14.8.